The molecule has 0 aromatic rings. The van der Waals surface area contributed by atoms with Crippen LogP contribution in [0.15, 0.2) is 0 Å². The Hall–Kier alpha value is -0.0800. The first-order chi connectivity index (χ1) is 5.77. The lowest BCUT2D eigenvalue weighted by Gasteiger charge is -2.23. The summed E-state index contributed by atoms with van der Waals surface area (Å²) in [6, 6.07) is 0.707. The first-order valence-corrected chi connectivity index (χ1v) is 5.19. The molecule has 2 heteroatoms. The molecule has 1 heterocycles. The van der Waals surface area contributed by atoms with Crippen LogP contribution in [0.25, 0.3) is 0 Å². The van der Waals surface area contributed by atoms with Gasteiger partial charge in [0.05, 0.1) is 6.10 Å². The van der Waals surface area contributed by atoms with Gasteiger partial charge in [0.1, 0.15) is 0 Å². The van der Waals surface area contributed by atoms with Gasteiger partial charge in [-0.25, -0.2) is 0 Å². The predicted molar refractivity (Wildman–Crippen MR) is 49.0 cm³/mol. The topological polar surface area (TPSA) is 23.5 Å². The highest BCUT2D eigenvalue weighted by atomic mass is 16.3. The highest BCUT2D eigenvalue weighted by molar-refractivity contribution is 4.85. The second-order valence-electron chi connectivity index (χ2n) is 4.39. The van der Waals surface area contributed by atoms with Crippen LogP contribution in [0.5, 0.6) is 0 Å². The van der Waals surface area contributed by atoms with E-state index in [1.54, 1.807) is 0 Å². The Morgan fingerprint density at radius 1 is 1.42 bits per heavy atom. The van der Waals surface area contributed by atoms with Crippen LogP contribution in [-0.2, 0) is 0 Å². The van der Waals surface area contributed by atoms with E-state index < -0.39 is 0 Å². The van der Waals surface area contributed by atoms with Crippen molar-refractivity contribution >= 4 is 0 Å². The van der Waals surface area contributed by atoms with Crippen molar-refractivity contribution in [1.82, 2.24) is 4.90 Å². The molecular formula is C10H19NO. The van der Waals surface area contributed by atoms with Crippen LogP contribution in [0.4, 0.5) is 0 Å². The van der Waals surface area contributed by atoms with Gasteiger partial charge in [0, 0.05) is 12.6 Å². The van der Waals surface area contributed by atoms with E-state index in [2.05, 4.69) is 11.8 Å². The Morgan fingerprint density at radius 2 is 2.17 bits per heavy atom. The average Bonchev–Trinajstić information content (AvgIpc) is 2.80. The minimum absolute atomic E-state index is 0.0365. The van der Waals surface area contributed by atoms with Crippen molar-refractivity contribution in [3.8, 4) is 0 Å². The van der Waals surface area contributed by atoms with Gasteiger partial charge in [-0.1, -0.05) is 0 Å². The molecule has 1 saturated heterocycles. The van der Waals surface area contributed by atoms with Gasteiger partial charge >= 0.3 is 0 Å². The fourth-order valence-corrected chi connectivity index (χ4v) is 2.13. The zero-order valence-electron chi connectivity index (χ0n) is 7.87. The Morgan fingerprint density at radius 3 is 2.67 bits per heavy atom. The lowest BCUT2D eigenvalue weighted by Crippen LogP contribution is -2.35. The van der Waals surface area contributed by atoms with Crippen LogP contribution in [0.3, 0.4) is 0 Å². The smallest absolute Gasteiger partial charge is 0.0695 e. The zero-order chi connectivity index (χ0) is 8.55. The van der Waals surface area contributed by atoms with Gasteiger partial charge in [-0.05, 0) is 45.1 Å². The quantitative estimate of drug-likeness (QED) is 0.687. The van der Waals surface area contributed by atoms with Crippen LogP contribution in [0, 0.1) is 5.92 Å². The minimum atomic E-state index is -0.0365. The van der Waals surface area contributed by atoms with Gasteiger partial charge in [-0.3, -0.25) is 4.90 Å². The summed E-state index contributed by atoms with van der Waals surface area (Å²) < 4.78 is 0. The molecule has 0 amide bonds. The van der Waals surface area contributed by atoms with Crippen molar-refractivity contribution in [2.75, 3.05) is 13.1 Å². The van der Waals surface area contributed by atoms with E-state index in [0.29, 0.717) is 12.0 Å². The summed E-state index contributed by atoms with van der Waals surface area (Å²) in [6.07, 6.45) is 5.11. The summed E-state index contributed by atoms with van der Waals surface area (Å²) in [6.45, 7) is 4.39. The van der Waals surface area contributed by atoms with E-state index in [1.165, 1.54) is 32.2 Å². The first-order valence-electron chi connectivity index (χ1n) is 5.19. The summed E-state index contributed by atoms with van der Waals surface area (Å²) in [7, 11) is 0. The van der Waals surface area contributed by atoms with Crippen LogP contribution >= 0.6 is 0 Å². The molecule has 0 radical (unpaired) electrons. The van der Waals surface area contributed by atoms with Gasteiger partial charge in [-0.15, -0.1) is 0 Å². The van der Waals surface area contributed by atoms with E-state index >= 15 is 0 Å². The molecule has 1 aliphatic heterocycles. The third-order valence-corrected chi connectivity index (χ3v) is 3.28. The number of hydrogen-bond donors (Lipinski definition) is 1. The van der Waals surface area contributed by atoms with Crippen molar-refractivity contribution in [3.05, 3.63) is 0 Å². The average molecular weight is 169 g/mol. The summed E-state index contributed by atoms with van der Waals surface area (Å²) >= 11 is 0. The SMILES string of the molecule is CC1CCCN1CC(O)C1CC1. The van der Waals surface area contributed by atoms with E-state index in [-0.39, 0.29) is 6.10 Å². The fraction of sp³-hybridized carbons (Fsp3) is 1.00. The Labute approximate surface area is 74.6 Å². The van der Waals surface area contributed by atoms with Gasteiger partial charge in [-0.2, -0.15) is 0 Å². The van der Waals surface area contributed by atoms with Crippen molar-refractivity contribution in [3.63, 3.8) is 0 Å². The molecule has 2 aliphatic rings. The minimum Gasteiger partial charge on any atom is -0.392 e. The summed E-state index contributed by atoms with van der Waals surface area (Å²) in [5, 5.41) is 9.73. The van der Waals surface area contributed by atoms with Crippen molar-refractivity contribution < 1.29 is 5.11 Å². The molecule has 1 saturated carbocycles. The van der Waals surface area contributed by atoms with Crippen molar-refractivity contribution in [2.24, 2.45) is 5.92 Å². The van der Waals surface area contributed by atoms with E-state index in [0.717, 1.165) is 6.54 Å². The predicted octanol–water partition coefficient (Wildman–Crippen LogP) is 1.24. The maximum Gasteiger partial charge on any atom is 0.0695 e. The van der Waals surface area contributed by atoms with Crippen LogP contribution in [0.2, 0.25) is 0 Å². The van der Waals surface area contributed by atoms with E-state index in [1.807, 2.05) is 0 Å². The molecular weight excluding hydrogens is 150 g/mol. The van der Waals surface area contributed by atoms with E-state index in [4.69, 9.17) is 0 Å². The van der Waals surface area contributed by atoms with Crippen molar-refractivity contribution in [2.45, 2.75) is 44.8 Å². The molecule has 2 nitrogen and oxygen atoms in total. The highest BCUT2D eigenvalue weighted by Gasteiger charge is 2.32. The molecule has 0 bridgehead atoms. The zero-order valence-corrected chi connectivity index (χ0v) is 7.87. The third-order valence-electron chi connectivity index (χ3n) is 3.28. The Balaban J connectivity index is 1.76. The van der Waals surface area contributed by atoms with E-state index in [9.17, 15) is 5.11 Å². The normalized spacial score (nSPS) is 34.0. The second kappa shape index (κ2) is 3.35. The fourth-order valence-electron chi connectivity index (χ4n) is 2.13. The first kappa shape index (κ1) is 8.52. The van der Waals surface area contributed by atoms with Crippen LogP contribution < -0.4 is 0 Å². The summed E-state index contributed by atoms with van der Waals surface area (Å²) in [5.74, 6) is 0.637. The molecule has 2 atom stereocenters. The summed E-state index contributed by atoms with van der Waals surface area (Å²) in [4.78, 5) is 2.43. The second-order valence-corrected chi connectivity index (χ2v) is 4.39. The maximum absolute atomic E-state index is 9.73. The standard InChI is InChI=1S/C10H19NO/c1-8-3-2-6-11(8)7-10(12)9-4-5-9/h8-10,12H,2-7H2,1H3. The molecule has 70 valence electrons. The molecule has 1 aliphatic carbocycles. The number of nitrogens with zero attached hydrogens (tertiary/aromatic N) is 1. The van der Waals surface area contributed by atoms with Crippen LogP contribution in [0.1, 0.15) is 32.6 Å². The van der Waals surface area contributed by atoms with Crippen molar-refractivity contribution in [1.29, 1.82) is 0 Å². The van der Waals surface area contributed by atoms with Gasteiger partial charge in [0.2, 0.25) is 0 Å². The number of β-amino-alcohol motifs (C(OH)–C–C–N with tert-alkyl or cyclic N) is 1. The number of aliphatic hydroxyl groups is 1. The Bertz CT molecular complexity index is 156. The molecule has 2 rings (SSSR count). The number of hydrogen-bond acceptors (Lipinski definition) is 2. The van der Waals surface area contributed by atoms with Gasteiger partial charge < -0.3 is 5.11 Å². The maximum atomic E-state index is 9.73. The monoisotopic (exact) mass is 169 g/mol. The van der Waals surface area contributed by atoms with Gasteiger partial charge in [0.25, 0.3) is 0 Å². The summed E-state index contributed by atoms with van der Waals surface area (Å²) in [5.41, 5.74) is 0. The van der Waals surface area contributed by atoms with Crippen LogP contribution in [-0.4, -0.2) is 35.2 Å². The molecule has 1 N–H and O–H groups in total. The molecule has 0 spiro atoms. The molecule has 0 aromatic carbocycles. The lowest BCUT2D eigenvalue weighted by atomic mass is 10.2. The number of likely N-dealkylation sites (tertiary alicyclic amines) is 1. The van der Waals surface area contributed by atoms with Gasteiger partial charge in [0.15, 0.2) is 0 Å². The highest BCUT2D eigenvalue weighted by Crippen LogP contribution is 2.33. The molecule has 0 aromatic heterocycles. The third kappa shape index (κ3) is 1.80. The molecule has 2 fully saturated rings. The molecule has 2 unspecified atom stereocenters. The molecule has 12 heavy (non-hydrogen) atoms. The Kier molecular flexibility index (Phi) is 2.37. The largest absolute Gasteiger partial charge is 0.392 e. The number of rotatable bonds is 3. The lowest BCUT2D eigenvalue weighted by molar-refractivity contribution is 0.0924. The number of aliphatic hydroxyl groups excluding tert-OH is 1.